The fraction of sp³-hybridized carbons (Fsp3) is 0.323. The van der Waals surface area contributed by atoms with Crippen molar-refractivity contribution in [1.29, 1.82) is 0 Å². The summed E-state index contributed by atoms with van der Waals surface area (Å²) in [4.78, 5) is 39.2. The molecule has 240 valence electrons. The van der Waals surface area contributed by atoms with Crippen LogP contribution in [0.3, 0.4) is 0 Å². The van der Waals surface area contributed by atoms with Gasteiger partial charge in [-0.1, -0.05) is 44.2 Å². The highest BCUT2D eigenvalue weighted by atomic mass is 32.2. The summed E-state index contributed by atoms with van der Waals surface area (Å²) in [5.41, 5.74) is 0.335. The quantitative estimate of drug-likeness (QED) is 0.270. The molecule has 3 atom stereocenters. The molecule has 3 aromatic carbocycles. The third-order valence-electron chi connectivity index (χ3n) is 6.99. The van der Waals surface area contributed by atoms with E-state index < -0.39 is 64.4 Å². The molecule has 0 bridgehead atoms. The van der Waals surface area contributed by atoms with Crippen molar-refractivity contribution in [2.75, 3.05) is 25.1 Å². The first kappa shape index (κ1) is 33.5. The molecule has 4 rings (SSSR count). The van der Waals surface area contributed by atoms with Crippen molar-refractivity contribution in [2.45, 2.75) is 43.4 Å². The maximum absolute atomic E-state index is 13.8. The molecule has 14 heteroatoms. The zero-order valence-electron chi connectivity index (χ0n) is 24.7. The molecule has 2 N–H and O–H groups in total. The molecule has 11 nitrogen and oxygen atoms in total. The Hall–Kier alpha value is -4.40. The lowest BCUT2D eigenvalue weighted by Crippen LogP contribution is -2.54. The summed E-state index contributed by atoms with van der Waals surface area (Å²) < 4.78 is 65.7. The van der Waals surface area contributed by atoms with Crippen LogP contribution in [0.2, 0.25) is 0 Å². The van der Waals surface area contributed by atoms with Gasteiger partial charge >= 0.3 is 6.09 Å². The monoisotopic (exact) mass is 645 g/mol. The molecule has 1 fully saturated rings. The molecular weight excluding hydrogens is 612 g/mol. The van der Waals surface area contributed by atoms with Gasteiger partial charge in [-0.2, -0.15) is 4.31 Å². The first-order valence-corrected chi connectivity index (χ1v) is 15.4. The number of carbonyl (C=O) groups excluding carboxylic acids is 3. The summed E-state index contributed by atoms with van der Waals surface area (Å²) in [5, 5.41) is 14.0. The second-order valence-electron chi connectivity index (χ2n) is 10.8. The van der Waals surface area contributed by atoms with Crippen molar-refractivity contribution in [3.63, 3.8) is 0 Å². The van der Waals surface area contributed by atoms with Crippen LogP contribution in [0.1, 0.15) is 19.4 Å². The van der Waals surface area contributed by atoms with E-state index in [9.17, 15) is 36.7 Å². The second-order valence-corrected chi connectivity index (χ2v) is 12.7. The molecule has 3 aromatic rings. The number of methoxy groups -OCH3 is 1. The molecule has 0 aliphatic carbocycles. The van der Waals surface area contributed by atoms with E-state index in [4.69, 9.17) is 9.47 Å². The average molecular weight is 646 g/mol. The van der Waals surface area contributed by atoms with Crippen LogP contribution in [-0.4, -0.2) is 74.2 Å². The van der Waals surface area contributed by atoms with E-state index in [1.165, 1.54) is 31.4 Å². The fourth-order valence-corrected chi connectivity index (χ4v) is 6.38. The van der Waals surface area contributed by atoms with Crippen LogP contribution in [0.4, 0.5) is 19.3 Å². The van der Waals surface area contributed by atoms with Gasteiger partial charge in [0.15, 0.2) is 11.6 Å². The second kappa shape index (κ2) is 14.1. The van der Waals surface area contributed by atoms with Crippen LogP contribution in [0.5, 0.6) is 5.75 Å². The number of amides is 3. The van der Waals surface area contributed by atoms with Gasteiger partial charge in [0.1, 0.15) is 5.75 Å². The highest BCUT2D eigenvalue weighted by Gasteiger charge is 2.47. The van der Waals surface area contributed by atoms with E-state index >= 15 is 0 Å². The Morgan fingerprint density at radius 1 is 1.02 bits per heavy atom. The Kier molecular flexibility index (Phi) is 10.5. The summed E-state index contributed by atoms with van der Waals surface area (Å²) in [6, 6.07) is 15.6. The lowest BCUT2D eigenvalue weighted by Gasteiger charge is -2.31. The van der Waals surface area contributed by atoms with Gasteiger partial charge in [-0.3, -0.25) is 9.59 Å². The number of hydrogen-bond donors (Lipinski definition) is 2. The van der Waals surface area contributed by atoms with Crippen LogP contribution < -0.4 is 15.0 Å². The third kappa shape index (κ3) is 7.82. The molecule has 1 heterocycles. The standard InChI is InChI=1S/C31H33F2N3O8S/c1-19(2)17-35(45(41,42)23-12-10-22(43-3)11-13-23)18-27(37)26(15-20-7-5-4-6-8-20)34-29(38)28-30(39)36(31(40)44-28)21-9-14-24(32)25(33)16-21/h4-14,16,19,26-28,37H,15,17-18H2,1-3H3,(H,34,38)/t26-,27+,28-/m0/s1. The van der Waals surface area contributed by atoms with Crippen LogP contribution in [0.15, 0.2) is 77.7 Å². The van der Waals surface area contributed by atoms with Gasteiger partial charge < -0.3 is 19.9 Å². The molecular formula is C31H33F2N3O8S. The Bertz CT molecular complexity index is 1640. The lowest BCUT2D eigenvalue weighted by molar-refractivity contribution is -0.136. The van der Waals surface area contributed by atoms with Crippen LogP contribution in [0.25, 0.3) is 0 Å². The number of nitrogens with zero attached hydrogens (tertiary/aromatic N) is 2. The van der Waals surface area contributed by atoms with Crippen molar-refractivity contribution in [1.82, 2.24) is 9.62 Å². The Labute approximate surface area is 259 Å². The van der Waals surface area contributed by atoms with Gasteiger partial charge in [0.05, 0.1) is 29.8 Å². The number of aliphatic hydroxyl groups is 1. The fourth-order valence-electron chi connectivity index (χ4n) is 4.75. The highest BCUT2D eigenvalue weighted by molar-refractivity contribution is 7.89. The highest BCUT2D eigenvalue weighted by Crippen LogP contribution is 2.26. The molecule has 45 heavy (non-hydrogen) atoms. The number of rotatable bonds is 13. The van der Waals surface area contributed by atoms with Crippen molar-refractivity contribution in [3.05, 3.63) is 90.0 Å². The Balaban J connectivity index is 1.58. The molecule has 1 saturated heterocycles. The summed E-state index contributed by atoms with van der Waals surface area (Å²) in [7, 11) is -2.66. The molecule has 0 radical (unpaired) electrons. The molecule has 0 spiro atoms. The summed E-state index contributed by atoms with van der Waals surface area (Å²) in [6.45, 7) is 3.24. The summed E-state index contributed by atoms with van der Waals surface area (Å²) >= 11 is 0. The topological polar surface area (TPSA) is 143 Å². The van der Waals surface area contributed by atoms with E-state index in [0.29, 0.717) is 28.3 Å². The number of imide groups is 1. The lowest BCUT2D eigenvalue weighted by atomic mass is 10.0. The maximum atomic E-state index is 13.8. The first-order valence-electron chi connectivity index (χ1n) is 14.0. The van der Waals surface area contributed by atoms with E-state index in [2.05, 4.69) is 5.32 Å². The van der Waals surface area contributed by atoms with Crippen molar-refractivity contribution in [3.8, 4) is 5.75 Å². The number of nitrogens with one attached hydrogen (secondary N) is 1. The predicted molar refractivity (Wildman–Crippen MR) is 159 cm³/mol. The minimum absolute atomic E-state index is 0.0214. The number of aliphatic hydroxyl groups excluding tert-OH is 1. The van der Waals surface area contributed by atoms with Crippen LogP contribution in [-0.2, 0) is 30.8 Å². The molecule has 0 saturated carbocycles. The van der Waals surface area contributed by atoms with E-state index in [0.717, 1.165) is 10.4 Å². The molecule has 3 amide bonds. The van der Waals surface area contributed by atoms with Gasteiger partial charge in [-0.25, -0.2) is 26.9 Å². The van der Waals surface area contributed by atoms with Gasteiger partial charge in [-0.15, -0.1) is 0 Å². The number of halogens is 2. The Morgan fingerprint density at radius 2 is 1.69 bits per heavy atom. The summed E-state index contributed by atoms with van der Waals surface area (Å²) in [5.74, 6) is -4.44. The van der Waals surface area contributed by atoms with Gasteiger partial charge in [0, 0.05) is 19.2 Å². The van der Waals surface area contributed by atoms with E-state index in [-0.39, 0.29) is 29.5 Å². The molecule has 1 aliphatic heterocycles. The number of hydrogen-bond acceptors (Lipinski definition) is 8. The third-order valence-corrected chi connectivity index (χ3v) is 8.84. The van der Waals surface area contributed by atoms with E-state index in [1.54, 1.807) is 30.3 Å². The van der Waals surface area contributed by atoms with Gasteiger partial charge in [-0.05, 0) is 54.3 Å². The van der Waals surface area contributed by atoms with Crippen molar-refractivity contribution >= 4 is 33.6 Å². The summed E-state index contributed by atoms with van der Waals surface area (Å²) in [6.07, 6.45) is -4.74. The van der Waals surface area contributed by atoms with Crippen molar-refractivity contribution < 1.29 is 46.2 Å². The largest absolute Gasteiger partial charge is 0.497 e. The van der Waals surface area contributed by atoms with E-state index in [1.807, 2.05) is 13.8 Å². The van der Waals surface area contributed by atoms with Crippen LogP contribution in [0, 0.1) is 17.6 Å². The molecule has 1 aliphatic rings. The number of sulfonamides is 1. The number of anilines is 1. The molecule has 0 unspecified atom stereocenters. The Morgan fingerprint density at radius 3 is 2.29 bits per heavy atom. The predicted octanol–water partition coefficient (Wildman–Crippen LogP) is 3.26. The van der Waals surface area contributed by atoms with Gasteiger partial charge in [0.25, 0.3) is 17.9 Å². The maximum Gasteiger partial charge on any atom is 0.422 e. The normalized spacial score (nSPS) is 16.5. The molecule has 0 aromatic heterocycles. The van der Waals surface area contributed by atoms with Gasteiger partial charge in [0.2, 0.25) is 10.0 Å². The minimum atomic E-state index is -4.11. The SMILES string of the molecule is COc1ccc(S(=O)(=O)N(CC(C)C)C[C@@H](O)[C@H](Cc2ccccc2)NC(=O)[C@@H]2OC(=O)N(c3ccc(F)c(F)c3)C2=O)cc1. The van der Waals surface area contributed by atoms with Crippen LogP contribution >= 0.6 is 0 Å². The number of benzene rings is 3. The number of ether oxygens (including phenoxy) is 2. The zero-order chi connectivity index (χ0) is 32.9. The number of cyclic esters (lactones) is 1. The zero-order valence-corrected chi connectivity index (χ0v) is 25.5. The smallest absolute Gasteiger partial charge is 0.422 e. The average Bonchev–Trinajstić information content (AvgIpc) is 3.31. The first-order chi connectivity index (χ1) is 21.3. The number of carbonyl (C=O) groups is 3. The minimum Gasteiger partial charge on any atom is -0.497 e. The van der Waals surface area contributed by atoms with Crippen molar-refractivity contribution in [2.24, 2.45) is 5.92 Å².